The van der Waals surface area contributed by atoms with Gasteiger partial charge in [0.1, 0.15) is 5.75 Å². The van der Waals surface area contributed by atoms with Gasteiger partial charge in [-0.2, -0.15) is 0 Å². The summed E-state index contributed by atoms with van der Waals surface area (Å²) in [5.74, 6) is 0.104. The summed E-state index contributed by atoms with van der Waals surface area (Å²) in [5.41, 5.74) is 1.58. The number of benzene rings is 3. The first-order chi connectivity index (χ1) is 14.8. The molecule has 1 aromatic heterocycles. The lowest BCUT2D eigenvalue weighted by molar-refractivity contribution is -0.128. The van der Waals surface area contributed by atoms with Gasteiger partial charge in [-0.25, -0.2) is 0 Å². The van der Waals surface area contributed by atoms with Gasteiger partial charge < -0.3 is 15.0 Å². The molecular formula is C25H21ClN2O3. The maximum atomic E-state index is 12.8. The molecule has 1 heterocycles. The minimum Gasteiger partial charge on any atom is -0.478 e. The Labute approximate surface area is 185 Å². The number of nitrogens with one attached hydrogen (secondary N) is 2. The van der Waals surface area contributed by atoms with Crippen LogP contribution in [-0.2, 0) is 4.79 Å². The van der Waals surface area contributed by atoms with E-state index in [1.807, 2.05) is 30.5 Å². The molecule has 0 aliphatic rings. The van der Waals surface area contributed by atoms with Crippen molar-refractivity contribution in [3.63, 3.8) is 0 Å². The third kappa shape index (κ3) is 4.62. The molecule has 156 valence electrons. The molecule has 5 nitrogen and oxygen atoms in total. The van der Waals surface area contributed by atoms with Crippen molar-refractivity contribution in [1.82, 2.24) is 4.98 Å². The summed E-state index contributed by atoms with van der Waals surface area (Å²) in [4.78, 5) is 28.5. The van der Waals surface area contributed by atoms with E-state index in [9.17, 15) is 9.59 Å². The number of carbonyl (C=O) groups excluding carboxylic acids is 2. The van der Waals surface area contributed by atoms with Crippen LogP contribution in [0.25, 0.3) is 10.9 Å². The number of ketones is 1. The Morgan fingerprint density at radius 1 is 0.903 bits per heavy atom. The average Bonchev–Trinajstić information content (AvgIpc) is 3.22. The predicted molar refractivity (Wildman–Crippen MR) is 123 cm³/mol. The van der Waals surface area contributed by atoms with E-state index >= 15 is 0 Å². The molecule has 0 bridgehead atoms. The topological polar surface area (TPSA) is 71.2 Å². The second-order valence-electron chi connectivity index (χ2n) is 7.71. The highest BCUT2D eigenvalue weighted by molar-refractivity contribution is 6.30. The molecular weight excluding hydrogens is 412 g/mol. The maximum absolute atomic E-state index is 12.8. The SMILES string of the molecule is CC(C)(Oc1ccc(C(=O)c2ccc(Cl)cc2)cc1)C(=O)Nc1ccc2cc[nH]c2c1. The number of rotatable bonds is 6. The summed E-state index contributed by atoms with van der Waals surface area (Å²) < 4.78 is 5.92. The number of carbonyl (C=O) groups is 2. The van der Waals surface area contributed by atoms with Gasteiger partial charge in [-0.1, -0.05) is 17.7 Å². The first-order valence-corrected chi connectivity index (χ1v) is 10.2. The Bertz CT molecular complexity index is 1240. The van der Waals surface area contributed by atoms with Crippen LogP contribution in [0.4, 0.5) is 5.69 Å². The van der Waals surface area contributed by atoms with Crippen LogP contribution in [0.3, 0.4) is 0 Å². The van der Waals surface area contributed by atoms with E-state index < -0.39 is 5.60 Å². The summed E-state index contributed by atoms with van der Waals surface area (Å²) in [7, 11) is 0. The highest BCUT2D eigenvalue weighted by Crippen LogP contribution is 2.23. The number of aromatic nitrogens is 1. The highest BCUT2D eigenvalue weighted by Gasteiger charge is 2.30. The summed E-state index contributed by atoms with van der Waals surface area (Å²) >= 11 is 5.88. The lowest BCUT2D eigenvalue weighted by Crippen LogP contribution is -2.42. The van der Waals surface area contributed by atoms with Crippen LogP contribution in [0.15, 0.2) is 79.0 Å². The number of hydrogen-bond donors (Lipinski definition) is 2. The zero-order valence-electron chi connectivity index (χ0n) is 17.1. The highest BCUT2D eigenvalue weighted by atomic mass is 35.5. The van der Waals surface area contributed by atoms with E-state index in [2.05, 4.69) is 10.3 Å². The van der Waals surface area contributed by atoms with Gasteiger partial charge in [0.25, 0.3) is 5.91 Å². The van der Waals surface area contributed by atoms with E-state index in [0.717, 1.165) is 10.9 Å². The van der Waals surface area contributed by atoms with Crippen LogP contribution >= 0.6 is 11.6 Å². The molecule has 1 amide bonds. The molecule has 0 unspecified atom stereocenters. The van der Waals surface area contributed by atoms with Crippen molar-refractivity contribution in [2.24, 2.45) is 0 Å². The van der Waals surface area contributed by atoms with Crippen LogP contribution in [-0.4, -0.2) is 22.3 Å². The minimum atomic E-state index is -1.12. The molecule has 31 heavy (non-hydrogen) atoms. The molecule has 0 aliphatic carbocycles. The van der Waals surface area contributed by atoms with Gasteiger partial charge in [-0.15, -0.1) is 0 Å². The first kappa shape index (κ1) is 20.7. The number of fused-ring (bicyclic) bond motifs is 1. The largest absolute Gasteiger partial charge is 0.478 e. The zero-order chi connectivity index (χ0) is 22.0. The molecule has 4 aromatic rings. The van der Waals surface area contributed by atoms with Gasteiger partial charge in [0.15, 0.2) is 11.4 Å². The fraction of sp³-hybridized carbons (Fsp3) is 0.120. The molecule has 0 fully saturated rings. The van der Waals surface area contributed by atoms with Crippen molar-refractivity contribution in [3.8, 4) is 5.75 Å². The second-order valence-corrected chi connectivity index (χ2v) is 8.14. The maximum Gasteiger partial charge on any atom is 0.267 e. The van der Waals surface area contributed by atoms with Gasteiger partial charge in [0, 0.05) is 33.6 Å². The standard InChI is InChI=1S/C25H21ClN2O3/c1-25(2,24(30)28-20-10-5-16-13-14-27-22(16)15-20)31-21-11-6-18(7-12-21)23(29)17-3-8-19(26)9-4-17/h3-15,27H,1-2H3,(H,28,30). The van der Waals surface area contributed by atoms with Crippen LogP contribution < -0.4 is 10.1 Å². The average molecular weight is 433 g/mol. The van der Waals surface area contributed by atoms with Crippen LogP contribution in [0.5, 0.6) is 5.75 Å². The summed E-state index contributed by atoms with van der Waals surface area (Å²) in [5, 5.41) is 4.54. The normalized spacial score (nSPS) is 11.3. The summed E-state index contributed by atoms with van der Waals surface area (Å²) in [6.45, 7) is 3.39. The number of amides is 1. The molecule has 0 radical (unpaired) electrons. The molecule has 0 saturated heterocycles. The molecule has 3 aromatic carbocycles. The number of hydrogen-bond acceptors (Lipinski definition) is 3. The van der Waals surface area contributed by atoms with E-state index in [1.54, 1.807) is 62.4 Å². The fourth-order valence-electron chi connectivity index (χ4n) is 3.19. The lowest BCUT2D eigenvalue weighted by atomic mass is 10.0. The minimum absolute atomic E-state index is 0.111. The Hall–Kier alpha value is -3.57. The molecule has 0 spiro atoms. The van der Waals surface area contributed by atoms with Crippen LogP contribution in [0.1, 0.15) is 29.8 Å². The first-order valence-electron chi connectivity index (χ1n) is 9.80. The van der Waals surface area contributed by atoms with Crippen molar-refractivity contribution >= 4 is 39.9 Å². The summed E-state index contributed by atoms with van der Waals surface area (Å²) in [6, 6.07) is 21.1. The fourth-order valence-corrected chi connectivity index (χ4v) is 3.32. The molecule has 0 saturated carbocycles. The molecule has 2 N–H and O–H groups in total. The number of anilines is 1. The van der Waals surface area contributed by atoms with Gasteiger partial charge in [-0.3, -0.25) is 9.59 Å². The van der Waals surface area contributed by atoms with Crippen molar-refractivity contribution in [1.29, 1.82) is 0 Å². The van der Waals surface area contributed by atoms with Crippen molar-refractivity contribution in [3.05, 3.63) is 95.1 Å². The van der Waals surface area contributed by atoms with Crippen LogP contribution in [0, 0.1) is 0 Å². The Balaban J connectivity index is 1.43. The Kier molecular flexibility index (Phi) is 5.53. The van der Waals surface area contributed by atoms with E-state index in [-0.39, 0.29) is 11.7 Å². The smallest absolute Gasteiger partial charge is 0.267 e. The van der Waals surface area contributed by atoms with Crippen molar-refractivity contribution in [2.45, 2.75) is 19.4 Å². The third-order valence-electron chi connectivity index (χ3n) is 4.96. The monoisotopic (exact) mass is 432 g/mol. The van der Waals surface area contributed by atoms with Gasteiger partial charge >= 0.3 is 0 Å². The van der Waals surface area contributed by atoms with Crippen molar-refractivity contribution < 1.29 is 14.3 Å². The number of H-pyrrole nitrogens is 1. The summed E-state index contributed by atoms with van der Waals surface area (Å²) in [6.07, 6.45) is 1.85. The Morgan fingerprint density at radius 3 is 2.23 bits per heavy atom. The van der Waals surface area contributed by atoms with Gasteiger partial charge in [0.2, 0.25) is 0 Å². The number of ether oxygens (including phenoxy) is 1. The van der Waals surface area contributed by atoms with Crippen LogP contribution in [0.2, 0.25) is 5.02 Å². The quantitative estimate of drug-likeness (QED) is 0.375. The Morgan fingerprint density at radius 2 is 1.55 bits per heavy atom. The number of aromatic amines is 1. The third-order valence-corrected chi connectivity index (χ3v) is 5.21. The van der Waals surface area contributed by atoms with Gasteiger partial charge in [-0.05, 0) is 86.0 Å². The zero-order valence-corrected chi connectivity index (χ0v) is 17.9. The molecule has 6 heteroatoms. The lowest BCUT2D eigenvalue weighted by Gasteiger charge is -2.25. The molecule has 0 atom stereocenters. The number of halogens is 1. The van der Waals surface area contributed by atoms with E-state index in [4.69, 9.17) is 16.3 Å². The van der Waals surface area contributed by atoms with Gasteiger partial charge in [0.05, 0.1) is 0 Å². The molecule has 4 rings (SSSR count). The van der Waals surface area contributed by atoms with E-state index in [0.29, 0.717) is 27.6 Å². The second kappa shape index (κ2) is 8.28. The molecule has 0 aliphatic heterocycles. The van der Waals surface area contributed by atoms with Crippen molar-refractivity contribution in [2.75, 3.05) is 5.32 Å². The predicted octanol–water partition coefficient (Wildman–Crippen LogP) is 5.85. The van der Waals surface area contributed by atoms with E-state index in [1.165, 1.54) is 0 Å².